The van der Waals surface area contributed by atoms with Crippen LogP contribution in [0.1, 0.15) is 15.9 Å². The molecule has 0 aliphatic carbocycles. The van der Waals surface area contributed by atoms with Crippen molar-refractivity contribution in [3.8, 4) is 11.5 Å². The van der Waals surface area contributed by atoms with Crippen LogP contribution in [0.15, 0.2) is 71.6 Å². The third kappa shape index (κ3) is 6.44. The van der Waals surface area contributed by atoms with Gasteiger partial charge in [0.15, 0.2) is 0 Å². The van der Waals surface area contributed by atoms with Gasteiger partial charge in [-0.05, 0) is 48.5 Å². The van der Waals surface area contributed by atoms with Gasteiger partial charge in [-0.25, -0.2) is 0 Å². The summed E-state index contributed by atoms with van der Waals surface area (Å²) in [5.41, 5.74) is -0.0486. The fourth-order valence-electron chi connectivity index (χ4n) is 3.05. The number of rotatable bonds is 8. The van der Waals surface area contributed by atoms with Crippen molar-refractivity contribution < 1.29 is 32.2 Å². The van der Waals surface area contributed by atoms with Crippen LogP contribution in [-0.2, 0) is 11.0 Å². The van der Waals surface area contributed by atoms with Crippen LogP contribution >= 0.6 is 11.8 Å². The molecule has 0 bridgehead atoms. The highest BCUT2D eigenvalue weighted by Gasteiger charge is 2.30. The van der Waals surface area contributed by atoms with Crippen LogP contribution in [0, 0.1) is 0 Å². The number of carbonyl (C=O) groups excluding carboxylic acids is 2. The van der Waals surface area contributed by atoms with Gasteiger partial charge in [0.05, 0.1) is 25.5 Å². The molecule has 10 heteroatoms. The number of methoxy groups -OCH3 is 2. The Balaban J connectivity index is 1.63. The Morgan fingerprint density at radius 2 is 1.44 bits per heavy atom. The minimum atomic E-state index is -4.49. The maximum Gasteiger partial charge on any atom is 0.416 e. The molecule has 0 atom stereocenters. The number of anilines is 2. The average molecular weight is 491 g/mol. The highest BCUT2D eigenvalue weighted by Crippen LogP contribution is 2.31. The van der Waals surface area contributed by atoms with Crippen molar-refractivity contribution in [3.05, 3.63) is 77.9 Å². The van der Waals surface area contributed by atoms with E-state index in [-0.39, 0.29) is 17.0 Å². The number of carbonyl (C=O) groups is 2. The number of benzene rings is 3. The minimum absolute atomic E-state index is 0.0338. The third-order valence-corrected chi connectivity index (χ3v) is 5.58. The number of ether oxygens (including phenoxy) is 2. The smallest absolute Gasteiger partial charge is 0.416 e. The van der Waals surface area contributed by atoms with E-state index in [1.807, 2.05) is 0 Å². The van der Waals surface area contributed by atoms with Crippen LogP contribution in [0.5, 0.6) is 11.5 Å². The fourth-order valence-corrected chi connectivity index (χ4v) is 3.81. The fraction of sp³-hybridized carbons (Fsp3) is 0.167. The topological polar surface area (TPSA) is 76.7 Å². The summed E-state index contributed by atoms with van der Waals surface area (Å²) >= 11 is 1.17. The molecular formula is C24H21F3N2O4S. The Morgan fingerprint density at radius 1 is 0.853 bits per heavy atom. The number of hydrogen-bond acceptors (Lipinski definition) is 5. The zero-order valence-corrected chi connectivity index (χ0v) is 19.0. The normalized spacial score (nSPS) is 11.0. The van der Waals surface area contributed by atoms with Gasteiger partial charge in [0.1, 0.15) is 17.1 Å². The molecule has 0 saturated heterocycles. The molecule has 3 rings (SSSR count). The largest absolute Gasteiger partial charge is 0.496 e. The Bertz CT molecular complexity index is 1160. The first-order chi connectivity index (χ1) is 16.2. The van der Waals surface area contributed by atoms with E-state index in [9.17, 15) is 22.8 Å². The molecule has 0 aromatic heterocycles. The summed E-state index contributed by atoms with van der Waals surface area (Å²) in [6.45, 7) is 0. The van der Waals surface area contributed by atoms with Crippen molar-refractivity contribution in [2.75, 3.05) is 30.6 Å². The molecule has 0 aliphatic heterocycles. The molecule has 0 fully saturated rings. The summed E-state index contributed by atoms with van der Waals surface area (Å²) in [6, 6.07) is 16.3. The molecule has 0 saturated carbocycles. The van der Waals surface area contributed by atoms with E-state index in [1.54, 1.807) is 42.5 Å². The van der Waals surface area contributed by atoms with Crippen LogP contribution in [0.2, 0.25) is 0 Å². The molecule has 0 radical (unpaired) electrons. The zero-order chi connectivity index (χ0) is 24.7. The van der Waals surface area contributed by atoms with E-state index < -0.39 is 23.6 Å². The monoisotopic (exact) mass is 490 g/mol. The highest BCUT2D eigenvalue weighted by molar-refractivity contribution is 8.00. The van der Waals surface area contributed by atoms with Crippen LogP contribution < -0.4 is 20.1 Å². The summed E-state index contributed by atoms with van der Waals surface area (Å²) in [4.78, 5) is 25.7. The molecule has 6 nitrogen and oxygen atoms in total. The lowest BCUT2D eigenvalue weighted by Gasteiger charge is -2.13. The van der Waals surface area contributed by atoms with Gasteiger partial charge in [-0.3, -0.25) is 9.59 Å². The van der Waals surface area contributed by atoms with E-state index >= 15 is 0 Å². The van der Waals surface area contributed by atoms with Gasteiger partial charge in [0, 0.05) is 16.3 Å². The Kier molecular flexibility index (Phi) is 8.06. The van der Waals surface area contributed by atoms with E-state index in [2.05, 4.69) is 10.6 Å². The molecule has 0 unspecified atom stereocenters. The predicted octanol–water partition coefficient (Wildman–Crippen LogP) is 5.71. The van der Waals surface area contributed by atoms with Crippen molar-refractivity contribution in [2.45, 2.75) is 11.1 Å². The SMILES string of the molecule is COc1cccc(OC)c1C(=O)Nc1cccc(SCC(=O)Nc2cccc(C(F)(F)F)c2)c1. The molecule has 2 amide bonds. The molecule has 2 N–H and O–H groups in total. The summed E-state index contributed by atoms with van der Waals surface area (Å²) in [6.07, 6.45) is -4.49. The maximum absolute atomic E-state index is 12.8. The molecular weight excluding hydrogens is 469 g/mol. The number of thioether (sulfide) groups is 1. The van der Waals surface area contributed by atoms with Crippen LogP contribution in [0.25, 0.3) is 0 Å². The standard InChI is InChI=1S/C24H21F3N2O4S/c1-32-19-10-5-11-20(33-2)22(19)23(31)29-17-8-4-9-18(13-17)34-14-21(30)28-16-7-3-6-15(12-16)24(25,26)27/h3-13H,14H2,1-2H3,(H,28,30)(H,29,31). The first-order valence-electron chi connectivity index (χ1n) is 9.93. The first kappa shape index (κ1) is 25.0. The van der Waals surface area contributed by atoms with Gasteiger partial charge in [-0.15, -0.1) is 11.8 Å². The van der Waals surface area contributed by atoms with Crippen LogP contribution in [0.3, 0.4) is 0 Å². The molecule has 0 aliphatic rings. The second kappa shape index (κ2) is 11.0. The predicted molar refractivity (Wildman–Crippen MR) is 125 cm³/mol. The summed E-state index contributed by atoms with van der Waals surface area (Å²) in [5, 5.41) is 5.24. The van der Waals surface area contributed by atoms with Crippen molar-refractivity contribution >= 4 is 35.0 Å². The lowest BCUT2D eigenvalue weighted by molar-refractivity contribution is -0.137. The third-order valence-electron chi connectivity index (χ3n) is 4.59. The number of alkyl halides is 3. The van der Waals surface area contributed by atoms with Gasteiger partial charge >= 0.3 is 6.18 Å². The van der Waals surface area contributed by atoms with Gasteiger partial charge < -0.3 is 20.1 Å². The van der Waals surface area contributed by atoms with Crippen LogP contribution in [-0.4, -0.2) is 31.8 Å². The van der Waals surface area contributed by atoms with Crippen molar-refractivity contribution in [1.29, 1.82) is 0 Å². The zero-order valence-electron chi connectivity index (χ0n) is 18.2. The van der Waals surface area contributed by atoms with Crippen molar-refractivity contribution in [2.24, 2.45) is 0 Å². The number of nitrogens with one attached hydrogen (secondary N) is 2. The van der Waals surface area contributed by atoms with E-state index in [4.69, 9.17) is 9.47 Å². The van der Waals surface area contributed by atoms with Gasteiger partial charge in [-0.1, -0.05) is 18.2 Å². The highest BCUT2D eigenvalue weighted by atomic mass is 32.2. The summed E-state index contributed by atoms with van der Waals surface area (Å²) in [5.74, 6) is -0.216. The molecule has 34 heavy (non-hydrogen) atoms. The quantitative estimate of drug-likeness (QED) is 0.396. The molecule has 3 aromatic carbocycles. The molecule has 0 spiro atoms. The molecule has 0 heterocycles. The lowest BCUT2D eigenvalue weighted by Crippen LogP contribution is -2.15. The van der Waals surface area contributed by atoms with Crippen molar-refractivity contribution in [3.63, 3.8) is 0 Å². The lowest BCUT2D eigenvalue weighted by atomic mass is 10.1. The van der Waals surface area contributed by atoms with E-state index in [0.29, 0.717) is 22.1 Å². The Labute approximate surface area is 198 Å². The second-order valence-electron chi connectivity index (χ2n) is 6.93. The number of hydrogen-bond donors (Lipinski definition) is 2. The second-order valence-corrected chi connectivity index (χ2v) is 7.98. The van der Waals surface area contributed by atoms with Crippen LogP contribution in [0.4, 0.5) is 24.5 Å². The van der Waals surface area contributed by atoms with Gasteiger partial charge in [-0.2, -0.15) is 13.2 Å². The number of amides is 2. The Morgan fingerprint density at radius 3 is 2.06 bits per heavy atom. The van der Waals surface area contributed by atoms with E-state index in [1.165, 1.54) is 38.1 Å². The van der Waals surface area contributed by atoms with Gasteiger partial charge in [0.25, 0.3) is 5.91 Å². The summed E-state index contributed by atoms with van der Waals surface area (Å²) < 4.78 is 49.0. The van der Waals surface area contributed by atoms with Gasteiger partial charge in [0.2, 0.25) is 5.91 Å². The van der Waals surface area contributed by atoms with Crippen molar-refractivity contribution in [1.82, 2.24) is 0 Å². The van der Waals surface area contributed by atoms with E-state index in [0.717, 1.165) is 12.1 Å². The summed E-state index contributed by atoms with van der Waals surface area (Å²) in [7, 11) is 2.90. The number of halogens is 3. The first-order valence-corrected chi connectivity index (χ1v) is 10.9. The Hall–Kier alpha value is -3.66. The average Bonchev–Trinajstić information content (AvgIpc) is 2.82. The molecule has 178 valence electrons. The molecule has 3 aromatic rings. The maximum atomic E-state index is 12.8. The minimum Gasteiger partial charge on any atom is -0.496 e.